The van der Waals surface area contributed by atoms with Crippen molar-refractivity contribution in [2.45, 2.75) is 21.1 Å². The Morgan fingerprint density at radius 3 is 1.62 bits per heavy atom. The van der Waals surface area contributed by atoms with Crippen LogP contribution in [0.25, 0.3) is 0 Å². The molecule has 142 valence electrons. The first kappa shape index (κ1) is 19.9. The Hall–Kier alpha value is -2.37. The van der Waals surface area contributed by atoms with Crippen molar-refractivity contribution in [3.8, 4) is 0 Å². The lowest BCUT2D eigenvalue weighted by atomic mass is 10.0. The fraction of sp³-hybridized carbons (Fsp3) is 0.0385. The largest absolute Gasteiger partial charge is 0.294 e. The molecule has 0 aliphatic rings. The summed E-state index contributed by atoms with van der Waals surface area (Å²) in [4.78, 5) is 16.5. The third-order valence-electron chi connectivity index (χ3n) is 4.65. The van der Waals surface area contributed by atoms with E-state index in [1.54, 1.807) is 0 Å². The van der Waals surface area contributed by atoms with E-state index in [0.29, 0.717) is 6.42 Å². The van der Waals surface area contributed by atoms with Crippen LogP contribution in [0.3, 0.4) is 0 Å². The number of rotatable bonds is 6. The zero-order valence-electron chi connectivity index (χ0n) is 15.8. The maximum Gasteiger partial charge on any atom is 0.167 e. The predicted molar refractivity (Wildman–Crippen MR) is 129 cm³/mol. The zero-order chi connectivity index (χ0) is 20.1. The molecule has 29 heavy (non-hydrogen) atoms. The Labute approximate surface area is 188 Å². The highest BCUT2D eigenvalue weighted by Gasteiger charge is 2.28. The fourth-order valence-corrected chi connectivity index (χ4v) is 5.63. The Kier molecular flexibility index (Phi) is 6.47. The number of carbonyl (C=O) groups is 1. The van der Waals surface area contributed by atoms with E-state index in [9.17, 15) is 4.79 Å². The third kappa shape index (κ3) is 4.98. The predicted octanol–water partition coefficient (Wildman–Crippen LogP) is 6.81. The van der Waals surface area contributed by atoms with Crippen LogP contribution in [0.5, 0.6) is 0 Å². The Balaban J connectivity index is 1.60. The molecule has 1 nitrogen and oxygen atoms in total. The van der Waals surface area contributed by atoms with Crippen molar-refractivity contribution >= 4 is 39.3 Å². The van der Waals surface area contributed by atoms with Crippen LogP contribution in [0.15, 0.2) is 124 Å². The van der Waals surface area contributed by atoms with E-state index in [-0.39, 0.29) is 16.7 Å². The second-order valence-electron chi connectivity index (χ2n) is 6.68. The lowest BCUT2D eigenvalue weighted by Gasteiger charge is -2.08. The number of carbonyl (C=O) groups excluding carboxylic acids is 1. The summed E-state index contributed by atoms with van der Waals surface area (Å²) in [5.74, 6) is 0.150. The highest BCUT2D eigenvalue weighted by Crippen LogP contribution is 2.31. The smallest absolute Gasteiger partial charge is 0.167 e. The molecule has 0 atom stereocenters. The number of Topliss-reactive ketones (excluding diaryl/α,β-unsaturated/α-hetero) is 1. The first-order valence-corrected chi connectivity index (χ1v) is 11.7. The van der Waals surface area contributed by atoms with Crippen LogP contribution in [0, 0.1) is 3.57 Å². The number of ketones is 1. The molecule has 0 saturated heterocycles. The van der Waals surface area contributed by atoms with E-state index < -0.39 is 0 Å². The number of hydrogen-bond acceptors (Lipinski definition) is 1. The van der Waals surface area contributed by atoms with Crippen molar-refractivity contribution in [3.05, 3.63) is 124 Å². The third-order valence-corrected chi connectivity index (χ3v) is 7.60. The molecule has 0 saturated carbocycles. The summed E-state index contributed by atoms with van der Waals surface area (Å²) in [7, 11) is -0.189. The summed E-state index contributed by atoms with van der Waals surface area (Å²) >= 11 is 2.28. The molecule has 3 heteroatoms. The van der Waals surface area contributed by atoms with Crippen molar-refractivity contribution in [2.24, 2.45) is 0 Å². The quantitative estimate of drug-likeness (QED) is 0.159. The minimum absolute atomic E-state index is 0.150. The molecular weight excluding hydrogens is 487 g/mol. The molecule has 0 fully saturated rings. The van der Waals surface area contributed by atoms with Gasteiger partial charge in [0.15, 0.2) is 20.5 Å². The summed E-state index contributed by atoms with van der Waals surface area (Å²) < 4.78 is 1.18. The summed E-state index contributed by atoms with van der Waals surface area (Å²) in [5.41, 5.74) is 1.81. The number of hydrogen-bond donors (Lipinski definition) is 0. The molecule has 0 heterocycles. The zero-order valence-corrected chi connectivity index (χ0v) is 18.8. The van der Waals surface area contributed by atoms with Crippen molar-refractivity contribution < 1.29 is 4.79 Å². The second-order valence-corrected chi connectivity index (χ2v) is 9.96. The molecule has 0 aromatic heterocycles. The number of halogens is 1. The molecule has 0 bridgehead atoms. The van der Waals surface area contributed by atoms with Gasteiger partial charge in [-0.3, -0.25) is 4.79 Å². The topological polar surface area (TPSA) is 17.1 Å². The maximum absolute atomic E-state index is 12.7. The van der Waals surface area contributed by atoms with Gasteiger partial charge in [-0.15, -0.1) is 0 Å². The second kappa shape index (κ2) is 9.42. The summed E-state index contributed by atoms with van der Waals surface area (Å²) in [6, 6.07) is 37.4. The molecule has 0 aliphatic carbocycles. The molecule has 0 aliphatic heterocycles. The van der Waals surface area contributed by atoms with Gasteiger partial charge in [-0.2, -0.15) is 0 Å². The van der Waals surface area contributed by atoms with Gasteiger partial charge in [0.25, 0.3) is 0 Å². The molecular formula is C26H20IOS+. The van der Waals surface area contributed by atoms with Gasteiger partial charge in [-0.05, 0) is 88.8 Å². The minimum atomic E-state index is -0.189. The average Bonchev–Trinajstić information content (AvgIpc) is 2.77. The van der Waals surface area contributed by atoms with E-state index in [0.717, 1.165) is 11.1 Å². The highest BCUT2D eigenvalue weighted by atomic mass is 127. The molecule has 0 unspecified atom stereocenters. The van der Waals surface area contributed by atoms with Crippen LogP contribution in [0.2, 0.25) is 0 Å². The molecule has 0 amide bonds. The first-order valence-electron chi connectivity index (χ1n) is 9.43. The van der Waals surface area contributed by atoms with Gasteiger partial charge in [-0.1, -0.05) is 48.5 Å². The van der Waals surface area contributed by atoms with Crippen molar-refractivity contribution in [3.63, 3.8) is 0 Å². The van der Waals surface area contributed by atoms with Gasteiger partial charge in [0, 0.05) is 15.6 Å². The van der Waals surface area contributed by atoms with E-state index in [2.05, 4.69) is 83.3 Å². The molecule has 0 spiro atoms. The SMILES string of the molecule is O=C(Cc1ccc(I)cc1)c1ccc([S+](c2ccccc2)c2ccccc2)cc1. The monoisotopic (exact) mass is 507 g/mol. The van der Waals surface area contributed by atoms with E-state index in [1.165, 1.54) is 18.3 Å². The molecule has 4 rings (SSSR count). The fourth-order valence-electron chi connectivity index (χ4n) is 3.19. The van der Waals surface area contributed by atoms with Crippen LogP contribution in [-0.2, 0) is 17.3 Å². The van der Waals surface area contributed by atoms with Gasteiger partial charge in [-0.25, -0.2) is 0 Å². The lowest BCUT2D eigenvalue weighted by molar-refractivity contribution is 0.0993. The molecule has 0 N–H and O–H groups in total. The Morgan fingerprint density at radius 2 is 1.10 bits per heavy atom. The van der Waals surface area contributed by atoms with Crippen molar-refractivity contribution in [1.29, 1.82) is 0 Å². The molecule has 4 aromatic rings. The average molecular weight is 507 g/mol. The Morgan fingerprint density at radius 1 is 0.621 bits per heavy atom. The minimum Gasteiger partial charge on any atom is -0.294 e. The van der Waals surface area contributed by atoms with Crippen LogP contribution in [-0.4, -0.2) is 5.78 Å². The van der Waals surface area contributed by atoms with Crippen molar-refractivity contribution in [1.82, 2.24) is 0 Å². The molecule has 0 radical (unpaired) electrons. The van der Waals surface area contributed by atoms with Gasteiger partial charge in [0.2, 0.25) is 0 Å². The van der Waals surface area contributed by atoms with Gasteiger partial charge in [0.05, 0.1) is 10.9 Å². The van der Waals surface area contributed by atoms with Gasteiger partial charge < -0.3 is 0 Å². The van der Waals surface area contributed by atoms with Gasteiger partial charge in [0.1, 0.15) is 0 Å². The lowest BCUT2D eigenvalue weighted by Crippen LogP contribution is -2.07. The van der Waals surface area contributed by atoms with Crippen LogP contribution < -0.4 is 0 Å². The van der Waals surface area contributed by atoms with Crippen LogP contribution >= 0.6 is 22.6 Å². The van der Waals surface area contributed by atoms with E-state index >= 15 is 0 Å². The van der Waals surface area contributed by atoms with E-state index in [4.69, 9.17) is 0 Å². The van der Waals surface area contributed by atoms with Crippen LogP contribution in [0.4, 0.5) is 0 Å². The standard InChI is InChI=1S/C26H20IOS/c27-22-15-11-20(12-16-22)19-26(28)21-13-17-25(18-14-21)29(23-7-3-1-4-8-23)24-9-5-2-6-10-24/h1-18H,19H2/q+1. The number of benzene rings is 4. The highest BCUT2D eigenvalue weighted by molar-refractivity contribution is 14.1. The van der Waals surface area contributed by atoms with Crippen molar-refractivity contribution in [2.75, 3.05) is 0 Å². The molecule has 4 aromatic carbocycles. The summed E-state index contributed by atoms with van der Waals surface area (Å²) in [5, 5.41) is 0. The van der Waals surface area contributed by atoms with Crippen LogP contribution in [0.1, 0.15) is 15.9 Å². The van der Waals surface area contributed by atoms with E-state index in [1.807, 2.05) is 48.5 Å². The normalized spacial score (nSPS) is 10.8. The summed E-state index contributed by atoms with van der Waals surface area (Å²) in [6.45, 7) is 0. The first-order chi connectivity index (χ1) is 14.2. The Bertz CT molecular complexity index is 1040. The van der Waals surface area contributed by atoms with Gasteiger partial charge >= 0.3 is 0 Å². The summed E-state index contributed by atoms with van der Waals surface area (Å²) in [6.07, 6.45) is 0.430. The maximum atomic E-state index is 12.7.